The van der Waals surface area contributed by atoms with E-state index in [1.165, 1.54) is 12.1 Å². The summed E-state index contributed by atoms with van der Waals surface area (Å²) in [5, 5.41) is 0. The van der Waals surface area contributed by atoms with Gasteiger partial charge in [0.15, 0.2) is 5.78 Å². The van der Waals surface area contributed by atoms with Crippen molar-refractivity contribution in [3.63, 3.8) is 0 Å². The van der Waals surface area contributed by atoms with Crippen molar-refractivity contribution in [2.45, 2.75) is 6.42 Å². The summed E-state index contributed by atoms with van der Waals surface area (Å²) in [4.78, 5) is 23.2. The number of morpholine rings is 1. The van der Waals surface area contributed by atoms with Crippen molar-refractivity contribution in [2.75, 3.05) is 31.2 Å². The second-order valence-corrected chi connectivity index (χ2v) is 5.89. The molecular formula is C18H16FN3O2. The fraction of sp³-hybridized carbons (Fsp3) is 0.278. The van der Waals surface area contributed by atoms with Crippen LogP contribution in [0.2, 0.25) is 0 Å². The molecular weight excluding hydrogens is 309 g/mol. The van der Waals surface area contributed by atoms with Crippen LogP contribution >= 0.6 is 0 Å². The molecule has 2 heterocycles. The molecule has 2 aromatic rings. The number of carbonyl (C=O) groups is 1. The second kappa shape index (κ2) is 6.13. The number of carbonyl (C=O) groups excluding carboxylic acids is 1. The van der Waals surface area contributed by atoms with E-state index in [0.717, 1.165) is 24.2 Å². The Kier molecular flexibility index (Phi) is 3.82. The molecule has 122 valence electrons. The van der Waals surface area contributed by atoms with Gasteiger partial charge in [-0.3, -0.25) is 4.79 Å². The summed E-state index contributed by atoms with van der Waals surface area (Å²) in [5.74, 6) is 0.159. The minimum atomic E-state index is -0.387. The van der Waals surface area contributed by atoms with Gasteiger partial charge in [0.1, 0.15) is 5.82 Å². The van der Waals surface area contributed by atoms with Crippen LogP contribution in [-0.2, 0) is 11.2 Å². The predicted molar refractivity (Wildman–Crippen MR) is 87.5 cm³/mol. The van der Waals surface area contributed by atoms with Crippen LogP contribution in [-0.4, -0.2) is 42.1 Å². The van der Waals surface area contributed by atoms with Gasteiger partial charge in [-0.1, -0.05) is 6.07 Å². The molecule has 0 unspecified atom stereocenters. The summed E-state index contributed by atoms with van der Waals surface area (Å²) in [7, 11) is 0. The van der Waals surface area contributed by atoms with E-state index in [9.17, 15) is 9.18 Å². The number of aromatic nitrogens is 2. The van der Waals surface area contributed by atoms with Gasteiger partial charge >= 0.3 is 0 Å². The van der Waals surface area contributed by atoms with E-state index in [0.29, 0.717) is 36.7 Å². The maximum Gasteiger partial charge on any atom is 0.225 e. The molecule has 1 aliphatic carbocycles. The Morgan fingerprint density at radius 2 is 1.92 bits per heavy atom. The first-order valence-corrected chi connectivity index (χ1v) is 7.89. The molecule has 1 fully saturated rings. The van der Waals surface area contributed by atoms with Gasteiger partial charge in [-0.05, 0) is 23.8 Å². The second-order valence-electron chi connectivity index (χ2n) is 5.89. The molecule has 1 aliphatic heterocycles. The molecule has 2 aliphatic rings. The molecule has 1 aromatic heterocycles. The smallest absolute Gasteiger partial charge is 0.225 e. The summed E-state index contributed by atoms with van der Waals surface area (Å²) in [6.45, 7) is 2.91. The summed E-state index contributed by atoms with van der Waals surface area (Å²) >= 11 is 0. The number of anilines is 1. The number of ketones is 1. The van der Waals surface area contributed by atoms with E-state index in [4.69, 9.17) is 4.74 Å². The third kappa shape index (κ3) is 2.80. The number of Topliss-reactive ketones (excluding diaryl/α,β-unsaturated/α-hetero) is 1. The maximum absolute atomic E-state index is 13.3. The van der Waals surface area contributed by atoms with Gasteiger partial charge < -0.3 is 9.64 Å². The van der Waals surface area contributed by atoms with Crippen molar-refractivity contribution >= 4 is 17.8 Å². The zero-order chi connectivity index (χ0) is 16.5. The normalized spacial score (nSPS) is 19.0. The van der Waals surface area contributed by atoms with Crippen molar-refractivity contribution in [3.05, 3.63) is 58.7 Å². The highest BCUT2D eigenvalue weighted by atomic mass is 19.1. The SMILES string of the molecule is O=C1C(=Cc2cnc(N3CCOCC3)nc2)Cc2ccc(F)cc21. The number of nitrogens with zero attached hydrogens (tertiary/aromatic N) is 3. The van der Waals surface area contributed by atoms with E-state index >= 15 is 0 Å². The molecule has 0 spiro atoms. The first-order chi connectivity index (χ1) is 11.7. The number of halogens is 1. The topological polar surface area (TPSA) is 55.3 Å². The van der Waals surface area contributed by atoms with Gasteiger partial charge in [-0.25, -0.2) is 14.4 Å². The van der Waals surface area contributed by atoms with Crippen LogP contribution in [0, 0.1) is 5.82 Å². The summed E-state index contributed by atoms with van der Waals surface area (Å²) < 4.78 is 18.6. The first-order valence-electron chi connectivity index (χ1n) is 7.89. The molecule has 4 rings (SSSR count). The van der Waals surface area contributed by atoms with Crippen molar-refractivity contribution < 1.29 is 13.9 Å². The molecule has 1 saturated heterocycles. The standard InChI is InChI=1S/C18H16FN3O2/c19-15-2-1-13-8-14(17(23)16(13)9-15)7-12-10-20-18(21-11-12)22-3-5-24-6-4-22/h1-2,7,9-11H,3-6,8H2. The van der Waals surface area contributed by atoms with E-state index in [2.05, 4.69) is 14.9 Å². The van der Waals surface area contributed by atoms with Crippen molar-refractivity contribution in [2.24, 2.45) is 0 Å². The molecule has 0 atom stereocenters. The fourth-order valence-electron chi connectivity index (χ4n) is 3.02. The van der Waals surface area contributed by atoms with Gasteiger partial charge in [-0.2, -0.15) is 0 Å². The minimum Gasteiger partial charge on any atom is -0.378 e. The summed E-state index contributed by atoms with van der Waals surface area (Å²) in [6.07, 6.45) is 5.71. The Hall–Kier alpha value is -2.60. The minimum absolute atomic E-state index is 0.123. The summed E-state index contributed by atoms with van der Waals surface area (Å²) in [5.41, 5.74) is 2.72. The lowest BCUT2D eigenvalue weighted by Gasteiger charge is -2.26. The lowest BCUT2D eigenvalue weighted by atomic mass is 10.1. The largest absolute Gasteiger partial charge is 0.378 e. The number of hydrogen-bond acceptors (Lipinski definition) is 5. The zero-order valence-corrected chi connectivity index (χ0v) is 13.0. The fourth-order valence-corrected chi connectivity index (χ4v) is 3.02. The number of rotatable bonds is 2. The number of fused-ring (bicyclic) bond motifs is 1. The predicted octanol–water partition coefficient (Wildman–Crippen LogP) is 2.27. The first kappa shape index (κ1) is 15.0. The van der Waals surface area contributed by atoms with Gasteiger partial charge in [0.25, 0.3) is 0 Å². The number of ether oxygens (including phenoxy) is 1. The van der Waals surface area contributed by atoms with Crippen LogP contribution in [0.25, 0.3) is 6.08 Å². The zero-order valence-electron chi connectivity index (χ0n) is 13.0. The molecule has 0 radical (unpaired) electrons. The molecule has 1 aromatic carbocycles. The van der Waals surface area contributed by atoms with E-state index in [1.807, 2.05) is 0 Å². The Labute approximate surface area is 138 Å². The van der Waals surface area contributed by atoms with Crippen molar-refractivity contribution in [1.29, 1.82) is 0 Å². The maximum atomic E-state index is 13.3. The number of benzene rings is 1. The van der Waals surface area contributed by atoms with Crippen LogP contribution < -0.4 is 4.90 Å². The highest BCUT2D eigenvalue weighted by Gasteiger charge is 2.25. The van der Waals surface area contributed by atoms with E-state index in [-0.39, 0.29) is 11.6 Å². The van der Waals surface area contributed by atoms with Gasteiger partial charge in [0.05, 0.1) is 13.2 Å². The Balaban J connectivity index is 1.55. The highest BCUT2D eigenvalue weighted by Crippen LogP contribution is 2.28. The molecule has 6 heteroatoms. The number of allylic oxidation sites excluding steroid dienone is 1. The molecule has 24 heavy (non-hydrogen) atoms. The van der Waals surface area contributed by atoms with E-state index < -0.39 is 0 Å². The van der Waals surface area contributed by atoms with Crippen LogP contribution in [0.4, 0.5) is 10.3 Å². The highest BCUT2D eigenvalue weighted by molar-refractivity contribution is 6.15. The van der Waals surface area contributed by atoms with Gasteiger partial charge in [0.2, 0.25) is 5.95 Å². The average molecular weight is 325 g/mol. The summed E-state index contributed by atoms with van der Waals surface area (Å²) in [6, 6.07) is 4.35. The molecule has 0 saturated carbocycles. The van der Waals surface area contributed by atoms with Crippen LogP contribution in [0.3, 0.4) is 0 Å². The van der Waals surface area contributed by atoms with E-state index in [1.54, 1.807) is 24.5 Å². The van der Waals surface area contributed by atoms with Crippen LogP contribution in [0.5, 0.6) is 0 Å². The van der Waals surface area contributed by atoms with Crippen molar-refractivity contribution in [1.82, 2.24) is 9.97 Å². The quantitative estimate of drug-likeness (QED) is 0.793. The lowest BCUT2D eigenvalue weighted by molar-refractivity contribution is 0.104. The van der Waals surface area contributed by atoms with Crippen molar-refractivity contribution in [3.8, 4) is 0 Å². The average Bonchev–Trinajstić information content (AvgIpc) is 2.92. The van der Waals surface area contributed by atoms with Crippen LogP contribution in [0.1, 0.15) is 21.5 Å². The molecule has 5 nitrogen and oxygen atoms in total. The third-order valence-electron chi connectivity index (χ3n) is 4.28. The van der Waals surface area contributed by atoms with Gasteiger partial charge in [0, 0.05) is 48.6 Å². The Bertz CT molecular complexity index is 812. The number of hydrogen-bond donors (Lipinski definition) is 0. The lowest BCUT2D eigenvalue weighted by Crippen LogP contribution is -2.37. The molecule has 0 amide bonds. The molecule has 0 bridgehead atoms. The Morgan fingerprint density at radius 1 is 1.17 bits per heavy atom. The monoisotopic (exact) mass is 325 g/mol. The van der Waals surface area contributed by atoms with Gasteiger partial charge in [-0.15, -0.1) is 0 Å². The third-order valence-corrected chi connectivity index (χ3v) is 4.28. The van der Waals surface area contributed by atoms with Crippen LogP contribution in [0.15, 0.2) is 36.2 Å². The molecule has 0 N–H and O–H groups in total. The Morgan fingerprint density at radius 3 is 2.67 bits per heavy atom.